The topological polar surface area (TPSA) is 84.5 Å². The molecule has 1 aliphatic heterocycles. The number of hydrogen-bond donors (Lipinski definition) is 2. The van der Waals surface area contributed by atoms with E-state index in [1.807, 2.05) is 13.0 Å². The summed E-state index contributed by atoms with van der Waals surface area (Å²) in [5, 5.41) is 4.83. The number of carbonyl (C=O) groups is 3. The van der Waals surface area contributed by atoms with E-state index in [1.165, 1.54) is 7.11 Å². The second-order valence-electron chi connectivity index (χ2n) is 4.63. The average Bonchev–Trinajstić information content (AvgIpc) is 2.41. The first-order valence-corrected chi connectivity index (χ1v) is 6.31. The predicted molar refractivity (Wildman–Crippen MR) is 71.4 cm³/mol. The van der Waals surface area contributed by atoms with E-state index in [0.29, 0.717) is 17.7 Å². The van der Waals surface area contributed by atoms with Gasteiger partial charge in [-0.15, -0.1) is 0 Å². The van der Waals surface area contributed by atoms with Gasteiger partial charge >= 0.3 is 0 Å². The zero-order valence-electron chi connectivity index (χ0n) is 11.4. The number of hydrogen-bond acceptors (Lipinski definition) is 4. The summed E-state index contributed by atoms with van der Waals surface area (Å²) >= 11 is 0. The Hall–Kier alpha value is -2.37. The second kappa shape index (κ2) is 5.73. The summed E-state index contributed by atoms with van der Waals surface area (Å²) in [6, 6.07) is 4.52. The van der Waals surface area contributed by atoms with Crippen LogP contribution in [-0.2, 0) is 9.59 Å². The van der Waals surface area contributed by atoms with Crippen molar-refractivity contribution in [3.8, 4) is 5.75 Å². The van der Waals surface area contributed by atoms with E-state index >= 15 is 0 Å². The molecule has 6 nitrogen and oxygen atoms in total. The van der Waals surface area contributed by atoms with Crippen LogP contribution in [0.2, 0.25) is 0 Å². The summed E-state index contributed by atoms with van der Waals surface area (Å²) in [7, 11) is 1.49. The van der Waals surface area contributed by atoms with E-state index in [0.717, 1.165) is 5.56 Å². The van der Waals surface area contributed by atoms with Gasteiger partial charge in [0.05, 0.1) is 12.7 Å². The Morgan fingerprint density at radius 3 is 2.80 bits per heavy atom. The molecular formula is C14H16N2O4. The monoisotopic (exact) mass is 276 g/mol. The maximum absolute atomic E-state index is 12.2. The number of piperidine rings is 1. The first-order valence-electron chi connectivity index (χ1n) is 6.31. The molecule has 2 N–H and O–H groups in total. The number of benzene rings is 1. The van der Waals surface area contributed by atoms with Crippen molar-refractivity contribution >= 4 is 17.7 Å². The van der Waals surface area contributed by atoms with Crippen molar-refractivity contribution in [2.75, 3.05) is 7.11 Å². The number of para-hydroxylation sites is 1. The zero-order valence-corrected chi connectivity index (χ0v) is 11.4. The minimum absolute atomic E-state index is 0.224. The van der Waals surface area contributed by atoms with Crippen LogP contribution in [0.15, 0.2) is 18.2 Å². The summed E-state index contributed by atoms with van der Waals surface area (Å²) in [4.78, 5) is 34.9. The first kappa shape index (κ1) is 14.0. The Morgan fingerprint density at radius 2 is 2.15 bits per heavy atom. The van der Waals surface area contributed by atoms with Gasteiger partial charge in [-0.25, -0.2) is 0 Å². The molecule has 1 heterocycles. The molecule has 0 spiro atoms. The van der Waals surface area contributed by atoms with Gasteiger partial charge in [0.15, 0.2) is 0 Å². The first-order chi connectivity index (χ1) is 9.52. The van der Waals surface area contributed by atoms with Gasteiger partial charge < -0.3 is 10.1 Å². The van der Waals surface area contributed by atoms with Crippen molar-refractivity contribution in [2.24, 2.45) is 0 Å². The number of amides is 3. The predicted octanol–water partition coefficient (Wildman–Crippen LogP) is 0.539. The molecular weight excluding hydrogens is 260 g/mol. The highest BCUT2D eigenvalue weighted by atomic mass is 16.5. The molecule has 1 aromatic rings. The van der Waals surface area contributed by atoms with Gasteiger partial charge in [0.2, 0.25) is 11.8 Å². The van der Waals surface area contributed by atoms with Crippen molar-refractivity contribution in [2.45, 2.75) is 25.8 Å². The minimum Gasteiger partial charge on any atom is -0.496 e. The molecule has 2 rings (SSSR count). The molecule has 0 aromatic heterocycles. The number of ether oxygens (including phenoxy) is 1. The largest absolute Gasteiger partial charge is 0.496 e. The van der Waals surface area contributed by atoms with Crippen LogP contribution in [0.1, 0.15) is 28.8 Å². The van der Waals surface area contributed by atoms with Crippen molar-refractivity contribution in [1.29, 1.82) is 0 Å². The molecule has 0 saturated carbocycles. The molecule has 1 unspecified atom stereocenters. The smallest absolute Gasteiger partial charge is 0.255 e. The lowest BCUT2D eigenvalue weighted by molar-refractivity contribution is -0.134. The van der Waals surface area contributed by atoms with Gasteiger partial charge in [-0.1, -0.05) is 12.1 Å². The zero-order chi connectivity index (χ0) is 14.7. The van der Waals surface area contributed by atoms with Crippen molar-refractivity contribution in [3.63, 3.8) is 0 Å². The van der Waals surface area contributed by atoms with Gasteiger partial charge in [0.25, 0.3) is 5.91 Å². The van der Waals surface area contributed by atoms with Crippen LogP contribution in [0.5, 0.6) is 5.75 Å². The molecule has 1 fully saturated rings. The second-order valence-corrected chi connectivity index (χ2v) is 4.63. The van der Waals surface area contributed by atoms with E-state index in [2.05, 4.69) is 10.6 Å². The molecule has 1 saturated heterocycles. The SMILES string of the molecule is COc1c(C)cccc1C(=O)NC1CCC(=O)NC1=O. The summed E-state index contributed by atoms with van der Waals surface area (Å²) in [5.74, 6) is -0.688. The lowest BCUT2D eigenvalue weighted by Crippen LogP contribution is -2.52. The van der Waals surface area contributed by atoms with Crippen LogP contribution in [0.3, 0.4) is 0 Å². The standard InChI is InChI=1S/C14H16N2O4/c1-8-4-3-5-9(12(8)20-2)13(18)15-10-6-7-11(17)16-14(10)19/h3-5,10H,6-7H2,1-2H3,(H,15,18)(H,16,17,19). The summed E-state index contributed by atoms with van der Waals surface area (Å²) in [5.41, 5.74) is 1.21. The fraction of sp³-hybridized carbons (Fsp3) is 0.357. The third-order valence-corrected chi connectivity index (χ3v) is 3.21. The molecule has 1 aromatic carbocycles. The molecule has 106 valence electrons. The fourth-order valence-electron chi connectivity index (χ4n) is 2.17. The number of methoxy groups -OCH3 is 1. The van der Waals surface area contributed by atoms with Crippen LogP contribution in [0.4, 0.5) is 0 Å². The van der Waals surface area contributed by atoms with E-state index in [-0.39, 0.29) is 18.2 Å². The number of nitrogens with one attached hydrogen (secondary N) is 2. The molecule has 3 amide bonds. The van der Waals surface area contributed by atoms with Crippen molar-refractivity contribution < 1.29 is 19.1 Å². The highest BCUT2D eigenvalue weighted by Crippen LogP contribution is 2.23. The Balaban J connectivity index is 2.15. The van der Waals surface area contributed by atoms with Gasteiger partial charge in [-0.3, -0.25) is 19.7 Å². The van der Waals surface area contributed by atoms with E-state index in [1.54, 1.807) is 12.1 Å². The van der Waals surface area contributed by atoms with Gasteiger partial charge in [-0.2, -0.15) is 0 Å². The van der Waals surface area contributed by atoms with E-state index in [4.69, 9.17) is 4.74 Å². The normalized spacial score (nSPS) is 18.4. The highest BCUT2D eigenvalue weighted by molar-refractivity contribution is 6.04. The molecule has 20 heavy (non-hydrogen) atoms. The van der Waals surface area contributed by atoms with Gasteiger partial charge in [0.1, 0.15) is 11.8 Å². The van der Waals surface area contributed by atoms with Crippen LogP contribution in [-0.4, -0.2) is 30.9 Å². The highest BCUT2D eigenvalue weighted by Gasteiger charge is 2.28. The Bertz CT molecular complexity index is 568. The summed E-state index contributed by atoms with van der Waals surface area (Å²) < 4.78 is 5.21. The van der Waals surface area contributed by atoms with Crippen LogP contribution in [0, 0.1) is 6.92 Å². The number of aryl methyl sites for hydroxylation is 1. The average molecular weight is 276 g/mol. The summed E-state index contributed by atoms with van der Waals surface area (Å²) in [6.45, 7) is 1.83. The molecule has 0 radical (unpaired) electrons. The lowest BCUT2D eigenvalue weighted by atomic mass is 10.0. The van der Waals surface area contributed by atoms with Crippen LogP contribution >= 0.6 is 0 Å². The van der Waals surface area contributed by atoms with Crippen LogP contribution < -0.4 is 15.4 Å². The summed E-state index contributed by atoms with van der Waals surface area (Å²) in [6.07, 6.45) is 0.534. The van der Waals surface area contributed by atoms with Gasteiger partial charge in [-0.05, 0) is 25.0 Å². The maximum atomic E-state index is 12.2. The fourth-order valence-corrected chi connectivity index (χ4v) is 2.17. The molecule has 1 aliphatic rings. The Morgan fingerprint density at radius 1 is 1.40 bits per heavy atom. The quantitative estimate of drug-likeness (QED) is 0.789. The number of imide groups is 1. The number of rotatable bonds is 3. The Labute approximate surface area is 116 Å². The van der Waals surface area contributed by atoms with Gasteiger partial charge in [0, 0.05) is 6.42 Å². The van der Waals surface area contributed by atoms with E-state index in [9.17, 15) is 14.4 Å². The van der Waals surface area contributed by atoms with Crippen LogP contribution in [0.25, 0.3) is 0 Å². The molecule has 0 aliphatic carbocycles. The molecule has 0 bridgehead atoms. The van der Waals surface area contributed by atoms with Crippen molar-refractivity contribution in [1.82, 2.24) is 10.6 Å². The molecule has 6 heteroatoms. The molecule has 1 atom stereocenters. The maximum Gasteiger partial charge on any atom is 0.255 e. The minimum atomic E-state index is -0.689. The third kappa shape index (κ3) is 2.79. The number of carbonyl (C=O) groups excluding carboxylic acids is 3. The lowest BCUT2D eigenvalue weighted by Gasteiger charge is -2.22. The third-order valence-electron chi connectivity index (χ3n) is 3.21. The Kier molecular flexibility index (Phi) is 4.02. The van der Waals surface area contributed by atoms with Crippen molar-refractivity contribution in [3.05, 3.63) is 29.3 Å². The van der Waals surface area contributed by atoms with E-state index < -0.39 is 11.9 Å².